The molecule has 1 heterocycles. The number of carbonyl (C=O) groups is 1. The van der Waals surface area contributed by atoms with Gasteiger partial charge >= 0.3 is 0 Å². The SMILES string of the molecule is O=C(NCC1CCC(Br)C1)C1COCCO1. The van der Waals surface area contributed by atoms with Gasteiger partial charge in [0.2, 0.25) is 0 Å². The molecule has 0 bridgehead atoms. The largest absolute Gasteiger partial charge is 0.376 e. The first-order valence-electron chi connectivity index (χ1n) is 5.87. The van der Waals surface area contributed by atoms with Crippen molar-refractivity contribution in [3.05, 3.63) is 0 Å². The third-order valence-electron chi connectivity index (χ3n) is 3.15. The summed E-state index contributed by atoms with van der Waals surface area (Å²) in [5.41, 5.74) is 0. The number of halogens is 1. The standard InChI is InChI=1S/C11H18BrNO3/c12-9-2-1-8(5-9)6-13-11(14)10-7-15-3-4-16-10/h8-10H,1-7H2,(H,13,14). The topological polar surface area (TPSA) is 47.6 Å². The van der Waals surface area contributed by atoms with Crippen LogP contribution in [0.25, 0.3) is 0 Å². The van der Waals surface area contributed by atoms with Crippen molar-refractivity contribution in [3.63, 3.8) is 0 Å². The van der Waals surface area contributed by atoms with Gasteiger partial charge in [-0.25, -0.2) is 0 Å². The summed E-state index contributed by atoms with van der Waals surface area (Å²) < 4.78 is 10.5. The van der Waals surface area contributed by atoms with Crippen LogP contribution in [0.15, 0.2) is 0 Å². The van der Waals surface area contributed by atoms with Crippen LogP contribution in [0, 0.1) is 5.92 Å². The Morgan fingerprint density at radius 3 is 2.88 bits per heavy atom. The first-order chi connectivity index (χ1) is 7.75. The number of alkyl halides is 1. The molecule has 4 nitrogen and oxygen atoms in total. The lowest BCUT2D eigenvalue weighted by atomic mass is 10.1. The number of hydrogen-bond donors (Lipinski definition) is 1. The minimum atomic E-state index is -0.407. The Hall–Kier alpha value is -0.130. The number of amides is 1. The maximum Gasteiger partial charge on any atom is 0.251 e. The average molecular weight is 292 g/mol. The van der Waals surface area contributed by atoms with Crippen molar-refractivity contribution >= 4 is 21.8 Å². The van der Waals surface area contributed by atoms with E-state index < -0.39 is 6.10 Å². The highest BCUT2D eigenvalue weighted by Crippen LogP contribution is 2.29. The summed E-state index contributed by atoms with van der Waals surface area (Å²) in [5.74, 6) is 0.579. The zero-order valence-electron chi connectivity index (χ0n) is 9.28. The Morgan fingerprint density at radius 2 is 2.25 bits per heavy atom. The van der Waals surface area contributed by atoms with E-state index in [1.165, 1.54) is 12.8 Å². The number of carbonyl (C=O) groups excluding carboxylic acids is 1. The fraction of sp³-hybridized carbons (Fsp3) is 0.909. The van der Waals surface area contributed by atoms with Crippen molar-refractivity contribution in [3.8, 4) is 0 Å². The van der Waals surface area contributed by atoms with Gasteiger partial charge in [-0.3, -0.25) is 4.79 Å². The lowest BCUT2D eigenvalue weighted by Gasteiger charge is -2.22. The number of nitrogens with one attached hydrogen (secondary N) is 1. The summed E-state index contributed by atoms with van der Waals surface area (Å²) in [7, 11) is 0. The van der Waals surface area contributed by atoms with Gasteiger partial charge in [-0.2, -0.15) is 0 Å². The zero-order chi connectivity index (χ0) is 11.4. The first-order valence-corrected chi connectivity index (χ1v) is 6.78. The summed E-state index contributed by atoms with van der Waals surface area (Å²) in [6, 6.07) is 0. The summed E-state index contributed by atoms with van der Waals surface area (Å²) in [6.45, 7) is 2.26. The second-order valence-corrected chi connectivity index (χ2v) is 5.75. The van der Waals surface area contributed by atoms with Crippen molar-refractivity contribution in [1.29, 1.82) is 0 Å². The highest BCUT2D eigenvalue weighted by molar-refractivity contribution is 9.09. The van der Waals surface area contributed by atoms with E-state index in [4.69, 9.17) is 9.47 Å². The van der Waals surface area contributed by atoms with Crippen molar-refractivity contribution in [2.24, 2.45) is 5.92 Å². The number of hydrogen-bond acceptors (Lipinski definition) is 3. The highest BCUT2D eigenvalue weighted by Gasteiger charge is 2.26. The molecule has 0 aromatic carbocycles. The second kappa shape index (κ2) is 5.98. The normalized spacial score (nSPS) is 34.9. The molecule has 1 N–H and O–H groups in total. The summed E-state index contributed by atoms with van der Waals surface area (Å²) in [6.07, 6.45) is 3.15. The van der Waals surface area contributed by atoms with Crippen LogP contribution in [0.3, 0.4) is 0 Å². The monoisotopic (exact) mass is 291 g/mol. The molecule has 16 heavy (non-hydrogen) atoms. The Bertz CT molecular complexity index is 243. The summed E-state index contributed by atoms with van der Waals surface area (Å²) in [5, 5.41) is 2.95. The first kappa shape index (κ1) is 12.3. The molecule has 0 spiro atoms. The molecular formula is C11H18BrNO3. The molecule has 2 aliphatic rings. The van der Waals surface area contributed by atoms with Crippen LogP contribution in [0.5, 0.6) is 0 Å². The van der Waals surface area contributed by atoms with Crippen LogP contribution in [0.1, 0.15) is 19.3 Å². The van der Waals surface area contributed by atoms with Crippen molar-refractivity contribution in [2.75, 3.05) is 26.4 Å². The van der Waals surface area contributed by atoms with Crippen LogP contribution < -0.4 is 5.32 Å². The molecule has 5 heteroatoms. The third kappa shape index (κ3) is 3.43. The van der Waals surface area contributed by atoms with E-state index in [-0.39, 0.29) is 5.91 Å². The van der Waals surface area contributed by atoms with Gasteiger partial charge in [-0.15, -0.1) is 0 Å². The molecular weight excluding hydrogens is 274 g/mol. The van der Waals surface area contributed by atoms with E-state index in [0.29, 0.717) is 30.6 Å². The van der Waals surface area contributed by atoms with Gasteiger partial charge in [0.1, 0.15) is 0 Å². The van der Waals surface area contributed by atoms with Gasteiger partial charge in [0.15, 0.2) is 6.10 Å². The van der Waals surface area contributed by atoms with Gasteiger partial charge in [-0.1, -0.05) is 15.9 Å². The van der Waals surface area contributed by atoms with E-state index in [1.807, 2.05) is 0 Å². The van der Waals surface area contributed by atoms with Crippen LogP contribution in [0.4, 0.5) is 0 Å². The van der Waals surface area contributed by atoms with E-state index in [9.17, 15) is 4.79 Å². The summed E-state index contributed by atoms with van der Waals surface area (Å²) in [4.78, 5) is 12.3. The second-order valence-electron chi connectivity index (χ2n) is 4.46. The molecule has 1 saturated heterocycles. The van der Waals surface area contributed by atoms with Gasteiger partial charge in [0.25, 0.3) is 5.91 Å². The van der Waals surface area contributed by atoms with E-state index >= 15 is 0 Å². The third-order valence-corrected chi connectivity index (χ3v) is 3.98. The van der Waals surface area contributed by atoms with E-state index in [2.05, 4.69) is 21.2 Å². The molecule has 1 aliphatic heterocycles. The fourth-order valence-corrected chi connectivity index (χ4v) is 2.99. The maximum atomic E-state index is 11.7. The molecule has 1 amide bonds. The molecule has 92 valence electrons. The lowest BCUT2D eigenvalue weighted by Crippen LogP contribution is -2.44. The number of rotatable bonds is 3. The molecule has 1 aliphatic carbocycles. The number of ether oxygens (including phenoxy) is 2. The van der Waals surface area contributed by atoms with Gasteiger partial charge < -0.3 is 14.8 Å². The smallest absolute Gasteiger partial charge is 0.251 e. The zero-order valence-corrected chi connectivity index (χ0v) is 10.9. The van der Waals surface area contributed by atoms with Crippen LogP contribution in [-0.2, 0) is 14.3 Å². The molecule has 0 aromatic rings. The minimum Gasteiger partial charge on any atom is -0.376 e. The van der Waals surface area contributed by atoms with Gasteiger partial charge in [0, 0.05) is 11.4 Å². The van der Waals surface area contributed by atoms with Crippen LogP contribution >= 0.6 is 15.9 Å². The summed E-state index contributed by atoms with van der Waals surface area (Å²) >= 11 is 3.60. The van der Waals surface area contributed by atoms with Crippen molar-refractivity contribution in [1.82, 2.24) is 5.32 Å². The van der Waals surface area contributed by atoms with E-state index in [1.54, 1.807) is 0 Å². The van der Waals surface area contributed by atoms with Gasteiger partial charge in [-0.05, 0) is 25.2 Å². The Kier molecular flexibility index (Phi) is 4.61. The average Bonchev–Trinajstić information content (AvgIpc) is 2.73. The van der Waals surface area contributed by atoms with Gasteiger partial charge in [0.05, 0.1) is 19.8 Å². The molecule has 3 atom stereocenters. The van der Waals surface area contributed by atoms with E-state index in [0.717, 1.165) is 13.0 Å². The molecule has 1 saturated carbocycles. The van der Waals surface area contributed by atoms with Crippen LogP contribution in [-0.4, -0.2) is 43.2 Å². The lowest BCUT2D eigenvalue weighted by molar-refractivity contribution is -0.147. The predicted molar refractivity (Wildman–Crippen MR) is 63.6 cm³/mol. The minimum absolute atomic E-state index is 0.0299. The highest BCUT2D eigenvalue weighted by atomic mass is 79.9. The fourth-order valence-electron chi connectivity index (χ4n) is 2.20. The Balaban J connectivity index is 1.66. The molecule has 3 unspecified atom stereocenters. The Labute approximate surface area is 104 Å². The van der Waals surface area contributed by atoms with Crippen LogP contribution in [0.2, 0.25) is 0 Å². The molecule has 2 rings (SSSR count). The maximum absolute atomic E-state index is 11.7. The van der Waals surface area contributed by atoms with Crippen molar-refractivity contribution < 1.29 is 14.3 Å². The molecule has 0 aromatic heterocycles. The Morgan fingerprint density at radius 1 is 1.38 bits per heavy atom. The molecule has 2 fully saturated rings. The quantitative estimate of drug-likeness (QED) is 0.792. The van der Waals surface area contributed by atoms with Crippen molar-refractivity contribution in [2.45, 2.75) is 30.2 Å². The molecule has 0 radical (unpaired) electrons. The predicted octanol–water partition coefficient (Wildman–Crippen LogP) is 1.08.